The van der Waals surface area contributed by atoms with Crippen LogP contribution < -0.4 is 4.74 Å². The molecule has 0 heterocycles. The minimum Gasteiger partial charge on any atom is -0.504 e. The SMILES string of the molecule is CCCCCCCCCCCCCCCCCCCCCOc1ccccc1O. The van der Waals surface area contributed by atoms with Crippen molar-refractivity contribution in [2.75, 3.05) is 6.61 Å². The van der Waals surface area contributed by atoms with Gasteiger partial charge in [0.1, 0.15) is 0 Å². The molecule has 1 N–H and O–H groups in total. The number of unbranched alkanes of at least 4 members (excludes halogenated alkanes) is 18. The molecule has 0 saturated carbocycles. The van der Waals surface area contributed by atoms with Gasteiger partial charge < -0.3 is 9.84 Å². The van der Waals surface area contributed by atoms with Crippen LogP contribution in [0.4, 0.5) is 0 Å². The molecule has 1 aromatic carbocycles. The molecule has 0 aliphatic heterocycles. The van der Waals surface area contributed by atoms with Gasteiger partial charge in [0, 0.05) is 0 Å². The Labute approximate surface area is 181 Å². The van der Waals surface area contributed by atoms with Crippen LogP contribution in [-0.4, -0.2) is 11.7 Å². The summed E-state index contributed by atoms with van der Waals surface area (Å²) in [6.45, 7) is 3.00. The number of phenols is 1. The molecule has 168 valence electrons. The third-order valence-corrected chi connectivity index (χ3v) is 5.87. The molecule has 0 aliphatic rings. The Morgan fingerprint density at radius 3 is 1.34 bits per heavy atom. The van der Waals surface area contributed by atoms with E-state index in [4.69, 9.17) is 4.74 Å². The summed E-state index contributed by atoms with van der Waals surface area (Å²) in [5.74, 6) is 0.847. The maximum absolute atomic E-state index is 9.64. The molecule has 0 unspecified atom stereocenters. The lowest BCUT2D eigenvalue weighted by Gasteiger charge is -2.07. The highest BCUT2D eigenvalue weighted by Crippen LogP contribution is 2.24. The summed E-state index contributed by atoms with van der Waals surface area (Å²) in [6.07, 6.45) is 26.5. The average Bonchev–Trinajstić information content (AvgIpc) is 2.73. The van der Waals surface area contributed by atoms with E-state index >= 15 is 0 Å². The average molecular weight is 405 g/mol. The highest BCUT2D eigenvalue weighted by molar-refractivity contribution is 5.37. The van der Waals surface area contributed by atoms with Crippen molar-refractivity contribution >= 4 is 0 Å². The maximum atomic E-state index is 9.64. The van der Waals surface area contributed by atoms with E-state index < -0.39 is 0 Å². The highest BCUT2D eigenvalue weighted by atomic mass is 16.5. The first-order valence-corrected chi connectivity index (χ1v) is 12.8. The van der Waals surface area contributed by atoms with Crippen LogP contribution in [-0.2, 0) is 0 Å². The van der Waals surface area contributed by atoms with Gasteiger partial charge in [0.2, 0.25) is 0 Å². The smallest absolute Gasteiger partial charge is 0.160 e. The minimum atomic E-state index is 0.241. The van der Waals surface area contributed by atoms with E-state index in [2.05, 4.69) is 6.92 Å². The quantitative estimate of drug-likeness (QED) is 0.207. The molecule has 29 heavy (non-hydrogen) atoms. The monoisotopic (exact) mass is 404 g/mol. The Morgan fingerprint density at radius 2 is 0.931 bits per heavy atom. The number of hydrogen-bond acceptors (Lipinski definition) is 2. The van der Waals surface area contributed by atoms with E-state index in [0.717, 1.165) is 6.42 Å². The van der Waals surface area contributed by atoms with Crippen molar-refractivity contribution in [3.8, 4) is 11.5 Å². The molecule has 0 aliphatic carbocycles. The second-order valence-electron chi connectivity index (χ2n) is 8.68. The summed E-state index contributed by atoms with van der Waals surface area (Å²) in [5, 5.41) is 9.64. The second kappa shape index (κ2) is 20.1. The van der Waals surface area contributed by atoms with Gasteiger partial charge in [-0.2, -0.15) is 0 Å². The van der Waals surface area contributed by atoms with Gasteiger partial charge in [0.05, 0.1) is 6.61 Å². The van der Waals surface area contributed by atoms with Gasteiger partial charge in [0.25, 0.3) is 0 Å². The van der Waals surface area contributed by atoms with Crippen molar-refractivity contribution in [3.05, 3.63) is 24.3 Å². The third-order valence-electron chi connectivity index (χ3n) is 5.87. The Bertz CT molecular complexity index is 458. The summed E-state index contributed by atoms with van der Waals surface area (Å²) in [5.41, 5.74) is 0. The number of phenolic OH excluding ortho intramolecular Hbond substituents is 1. The van der Waals surface area contributed by atoms with E-state index in [1.54, 1.807) is 6.07 Å². The summed E-state index contributed by atoms with van der Waals surface area (Å²) in [7, 11) is 0. The van der Waals surface area contributed by atoms with E-state index in [1.807, 2.05) is 18.2 Å². The van der Waals surface area contributed by atoms with Gasteiger partial charge in [-0.1, -0.05) is 135 Å². The van der Waals surface area contributed by atoms with Gasteiger partial charge in [-0.05, 0) is 18.6 Å². The van der Waals surface area contributed by atoms with Crippen LogP contribution in [0.25, 0.3) is 0 Å². The molecule has 0 bridgehead atoms. The van der Waals surface area contributed by atoms with Crippen molar-refractivity contribution in [1.29, 1.82) is 0 Å². The van der Waals surface area contributed by atoms with E-state index in [1.165, 1.54) is 116 Å². The standard InChI is InChI=1S/C27H48O2/c1-2-3-4-5-6-7-8-9-10-11-12-13-14-15-16-17-18-19-22-25-29-27-24-21-20-23-26(27)28/h20-21,23-24,28H,2-19,22,25H2,1H3. The first-order valence-electron chi connectivity index (χ1n) is 12.8. The molecule has 0 spiro atoms. The van der Waals surface area contributed by atoms with Crippen LogP contribution in [0, 0.1) is 0 Å². The predicted molar refractivity (Wildman–Crippen MR) is 127 cm³/mol. The zero-order chi connectivity index (χ0) is 20.8. The fraction of sp³-hybridized carbons (Fsp3) is 0.778. The highest BCUT2D eigenvalue weighted by Gasteiger charge is 2.00. The van der Waals surface area contributed by atoms with Crippen LogP contribution in [0.2, 0.25) is 0 Å². The van der Waals surface area contributed by atoms with Crippen LogP contribution in [0.15, 0.2) is 24.3 Å². The molecule has 1 aromatic rings. The topological polar surface area (TPSA) is 29.5 Å². The van der Waals surface area contributed by atoms with Crippen LogP contribution in [0.5, 0.6) is 11.5 Å². The van der Waals surface area contributed by atoms with Gasteiger partial charge in [0.15, 0.2) is 11.5 Å². The number of para-hydroxylation sites is 2. The molecule has 2 heteroatoms. The van der Waals surface area contributed by atoms with Crippen LogP contribution >= 0.6 is 0 Å². The number of aromatic hydroxyl groups is 1. The number of benzene rings is 1. The Morgan fingerprint density at radius 1 is 0.552 bits per heavy atom. The summed E-state index contributed by atoms with van der Waals surface area (Å²) < 4.78 is 5.62. The molecule has 0 amide bonds. The van der Waals surface area contributed by atoms with Crippen molar-refractivity contribution < 1.29 is 9.84 Å². The first kappa shape index (κ1) is 25.9. The molecular formula is C27H48O2. The van der Waals surface area contributed by atoms with Crippen molar-refractivity contribution in [3.63, 3.8) is 0 Å². The first-order chi connectivity index (χ1) is 14.3. The minimum absolute atomic E-state index is 0.241. The van der Waals surface area contributed by atoms with Gasteiger partial charge in [-0.15, -0.1) is 0 Å². The lowest BCUT2D eigenvalue weighted by atomic mass is 10.0. The fourth-order valence-electron chi connectivity index (χ4n) is 3.94. The van der Waals surface area contributed by atoms with Gasteiger partial charge in [-0.3, -0.25) is 0 Å². The lowest BCUT2D eigenvalue weighted by molar-refractivity contribution is 0.288. The van der Waals surface area contributed by atoms with Gasteiger partial charge in [-0.25, -0.2) is 0 Å². The molecule has 0 fully saturated rings. The maximum Gasteiger partial charge on any atom is 0.160 e. The Hall–Kier alpha value is -1.18. The molecule has 0 saturated heterocycles. The third kappa shape index (κ3) is 16.3. The molecule has 0 aromatic heterocycles. The Balaban J connectivity index is 1.70. The molecule has 0 radical (unpaired) electrons. The number of ether oxygens (including phenoxy) is 1. The summed E-state index contributed by atoms with van der Waals surface area (Å²) in [4.78, 5) is 0. The largest absolute Gasteiger partial charge is 0.504 e. The normalized spacial score (nSPS) is 11.1. The lowest BCUT2D eigenvalue weighted by Crippen LogP contribution is -1.97. The molecule has 0 atom stereocenters. The van der Waals surface area contributed by atoms with Gasteiger partial charge >= 0.3 is 0 Å². The predicted octanol–water partition coefficient (Wildman–Crippen LogP) is 9.20. The number of rotatable bonds is 21. The zero-order valence-corrected chi connectivity index (χ0v) is 19.3. The summed E-state index contributed by atoms with van der Waals surface area (Å²) in [6, 6.07) is 7.21. The molecular weight excluding hydrogens is 356 g/mol. The Kier molecular flexibility index (Phi) is 17.9. The van der Waals surface area contributed by atoms with Crippen molar-refractivity contribution in [2.24, 2.45) is 0 Å². The van der Waals surface area contributed by atoms with Crippen molar-refractivity contribution in [1.82, 2.24) is 0 Å². The van der Waals surface area contributed by atoms with Crippen molar-refractivity contribution in [2.45, 2.75) is 129 Å². The van der Waals surface area contributed by atoms with Crippen LogP contribution in [0.3, 0.4) is 0 Å². The van der Waals surface area contributed by atoms with E-state index in [9.17, 15) is 5.11 Å². The fourth-order valence-corrected chi connectivity index (χ4v) is 3.94. The van der Waals surface area contributed by atoms with E-state index in [0.29, 0.717) is 12.4 Å². The van der Waals surface area contributed by atoms with E-state index in [-0.39, 0.29) is 5.75 Å². The van der Waals surface area contributed by atoms with Crippen LogP contribution in [0.1, 0.15) is 129 Å². The molecule has 2 nitrogen and oxygen atoms in total. The molecule has 1 rings (SSSR count). The number of hydrogen-bond donors (Lipinski definition) is 1. The second-order valence-corrected chi connectivity index (χ2v) is 8.68. The zero-order valence-electron chi connectivity index (χ0n) is 19.3. The summed E-state index contributed by atoms with van der Waals surface area (Å²) >= 11 is 0.